The van der Waals surface area contributed by atoms with Crippen LogP contribution in [0.4, 0.5) is 18.0 Å². The van der Waals surface area contributed by atoms with Crippen molar-refractivity contribution in [2.45, 2.75) is 49.9 Å². The van der Waals surface area contributed by atoms with E-state index in [9.17, 15) is 22.8 Å². The van der Waals surface area contributed by atoms with Crippen LogP contribution < -0.4 is 10.6 Å². The number of nitrogens with one attached hydrogen (secondary N) is 2. The van der Waals surface area contributed by atoms with Crippen molar-refractivity contribution in [3.05, 3.63) is 47.6 Å². The fourth-order valence-corrected chi connectivity index (χ4v) is 5.37. The summed E-state index contributed by atoms with van der Waals surface area (Å²) in [5.41, 5.74) is 1.77. The van der Waals surface area contributed by atoms with Gasteiger partial charge >= 0.3 is 6.03 Å². The van der Waals surface area contributed by atoms with E-state index < -0.39 is 43.3 Å². The Labute approximate surface area is 222 Å². The lowest BCUT2D eigenvalue weighted by Crippen LogP contribution is -2.58. The molecular weight excluding hydrogens is 517 g/mol. The Morgan fingerprint density at radius 2 is 2.05 bits per heavy atom. The third-order valence-electron chi connectivity index (χ3n) is 7.45. The van der Waals surface area contributed by atoms with Crippen LogP contribution in [0.5, 0.6) is 0 Å². The van der Waals surface area contributed by atoms with Gasteiger partial charge in [0.05, 0.1) is 25.7 Å². The highest BCUT2D eigenvalue weighted by Gasteiger charge is 2.42. The summed E-state index contributed by atoms with van der Waals surface area (Å²) < 4.78 is 55.0. The average Bonchev–Trinajstić information content (AvgIpc) is 3.53. The second-order valence-electron chi connectivity index (χ2n) is 10.2. The molecule has 1 saturated carbocycles. The zero-order chi connectivity index (χ0) is 27.7. The summed E-state index contributed by atoms with van der Waals surface area (Å²) >= 11 is 0. The van der Waals surface area contributed by atoms with Crippen molar-refractivity contribution in [3.8, 4) is 0 Å². The first kappa shape index (κ1) is 27.0. The zero-order valence-corrected chi connectivity index (χ0v) is 21.7. The molecule has 2 N–H and O–H groups in total. The molecule has 39 heavy (non-hydrogen) atoms. The van der Waals surface area contributed by atoms with E-state index in [2.05, 4.69) is 20.7 Å². The molecule has 2 fully saturated rings. The Balaban J connectivity index is 1.46. The fraction of sp³-hybridized carbons (Fsp3) is 0.538. The molecule has 0 radical (unpaired) electrons. The third-order valence-corrected chi connectivity index (χ3v) is 7.45. The summed E-state index contributed by atoms with van der Waals surface area (Å²) in [6.07, 6.45) is 2.51. The van der Waals surface area contributed by atoms with Crippen LogP contribution in [0.25, 0.3) is 11.1 Å². The molecule has 3 heterocycles. The highest BCUT2D eigenvalue weighted by Crippen LogP contribution is 2.37. The summed E-state index contributed by atoms with van der Waals surface area (Å²) in [6, 6.07) is 4.60. The third kappa shape index (κ3) is 5.72. The number of amides is 3. The predicted molar refractivity (Wildman–Crippen MR) is 134 cm³/mol. The molecule has 0 bridgehead atoms. The van der Waals surface area contributed by atoms with Crippen LogP contribution in [-0.2, 0) is 11.8 Å². The lowest BCUT2D eigenvalue weighted by atomic mass is 9.83. The van der Waals surface area contributed by atoms with Gasteiger partial charge in [-0.25, -0.2) is 22.9 Å². The molecule has 1 aliphatic carbocycles. The van der Waals surface area contributed by atoms with E-state index in [1.807, 2.05) is 0 Å². The molecule has 0 spiro atoms. The molecule has 3 amide bonds. The molecule has 0 unspecified atom stereocenters. The Morgan fingerprint density at radius 1 is 1.28 bits per heavy atom. The minimum Gasteiger partial charge on any atom is -0.438 e. The van der Waals surface area contributed by atoms with Gasteiger partial charge in [0.1, 0.15) is 23.4 Å². The van der Waals surface area contributed by atoms with Crippen LogP contribution in [0.15, 0.2) is 34.9 Å². The maximum absolute atomic E-state index is 14.1. The summed E-state index contributed by atoms with van der Waals surface area (Å²) in [5.74, 6) is -3.27. The lowest BCUT2D eigenvalue weighted by Gasteiger charge is -2.38. The molecule has 1 aromatic carbocycles. The van der Waals surface area contributed by atoms with Gasteiger partial charge in [0.2, 0.25) is 5.89 Å². The highest BCUT2D eigenvalue weighted by molar-refractivity contribution is 5.92. The van der Waals surface area contributed by atoms with Crippen molar-refractivity contribution in [3.63, 3.8) is 0 Å². The Morgan fingerprint density at radius 3 is 2.74 bits per heavy atom. The number of carbonyl (C=O) groups is 2. The van der Waals surface area contributed by atoms with Crippen LogP contribution in [0.2, 0.25) is 0 Å². The minimum absolute atomic E-state index is 0.00440. The van der Waals surface area contributed by atoms with E-state index in [1.54, 1.807) is 31.3 Å². The summed E-state index contributed by atoms with van der Waals surface area (Å²) in [5, 5.41) is 9.28. The van der Waals surface area contributed by atoms with E-state index in [0.29, 0.717) is 48.0 Å². The second-order valence-corrected chi connectivity index (χ2v) is 10.2. The molecule has 2 aliphatic rings. The standard InChI is InChI=1S/C26H31F3N6O4/c1-34-19(9-10-31-34)23(36)33-22(15-3-6-17(27)7-4-15)24-32-18-11-16(5-8-21(18)39-24)20(12-38-2)35-14-26(28,29)13-30-25(35)37/h5,8-11,15,17,20,22H,3-4,6-7,12-14H2,1-2H3,(H,30,37)(H,33,36)/t15?,17?,20-,22+/m1/s1. The molecule has 1 saturated heterocycles. The monoisotopic (exact) mass is 548 g/mol. The molecule has 2 aromatic heterocycles. The maximum Gasteiger partial charge on any atom is 0.318 e. The van der Waals surface area contributed by atoms with E-state index in [0.717, 1.165) is 4.90 Å². The van der Waals surface area contributed by atoms with Crippen LogP contribution in [-0.4, -0.2) is 70.5 Å². The van der Waals surface area contributed by atoms with Gasteiger partial charge in [-0.1, -0.05) is 6.07 Å². The maximum atomic E-state index is 14.1. The number of hydrogen-bond donors (Lipinski definition) is 2. The normalized spacial score (nSPS) is 22.9. The van der Waals surface area contributed by atoms with Crippen molar-refractivity contribution in [1.29, 1.82) is 0 Å². The summed E-state index contributed by atoms with van der Waals surface area (Å²) in [4.78, 5) is 31.3. The number of urea groups is 1. The molecule has 13 heteroatoms. The van der Waals surface area contributed by atoms with Crippen LogP contribution in [0.1, 0.15) is 59.7 Å². The van der Waals surface area contributed by atoms with Gasteiger partial charge in [-0.05, 0) is 55.4 Å². The van der Waals surface area contributed by atoms with Crippen molar-refractivity contribution >= 4 is 23.0 Å². The smallest absolute Gasteiger partial charge is 0.318 e. The average molecular weight is 549 g/mol. The van der Waals surface area contributed by atoms with Gasteiger partial charge in [-0.2, -0.15) is 5.10 Å². The molecular formula is C26H31F3N6O4. The Bertz CT molecular complexity index is 1340. The number of oxazole rings is 1. The quantitative estimate of drug-likeness (QED) is 0.441. The number of carbonyl (C=O) groups excluding carboxylic acids is 2. The van der Waals surface area contributed by atoms with Gasteiger partial charge < -0.3 is 24.7 Å². The Hall–Kier alpha value is -3.61. The van der Waals surface area contributed by atoms with E-state index >= 15 is 0 Å². The van der Waals surface area contributed by atoms with Crippen molar-refractivity contribution in [2.24, 2.45) is 13.0 Å². The largest absolute Gasteiger partial charge is 0.438 e. The van der Waals surface area contributed by atoms with Crippen LogP contribution in [0, 0.1) is 5.92 Å². The van der Waals surface area contributed by atoms with E-state index in [-0.39, 0.29) is 24.3 Å². The minimum atomic E-state index is -3.08. The van der Waals surface area contributed by atoms with Gasteiger partial charge in [-0.3, -0.25) is 9.48 Å². The number of hydrogen-bond acceptors (Lipinski definition) is 6. The topological polar surface area (TPSA) is 115 Å². The summed E-state index contributed by atoms with van der Waals surface area (Å²) in [7, 11) is 3.09. The first-order chi connectivity index (χ1) is 18.6. The van der Waals surface area contributed by atoms with E-state index in [4.69, 9.17) is 9.15 Å². The second kappa shape index (κ2) is 10.9. The predicted octanol–water partition coefficient (Wildman–Crippen LogP) is 3.91. The number of aryl methyl sites for hydroxylation is 1. The first-order valence-corrected chi connectivity index (χ1v) is 12.9. The Kier molecular flexibility index (Phi) is 7.52. The fourth-order valence-electron chi connectivity index (χ4n) is 5.37. The molecule has 2 atom stereocenters. The summed E-state index contributed by atoms with van der Waals surface area (Å²) in [6.45, 7) is -1.46. The lowest BCUT2D eigenvalue weighted by molar-refractivity contribution is -0.0509. The number of aromatic nitrogens is 3. The first-order valence-electron chi connectivity index (χ1n) is 12.9. The van der Waals surface area contributed by atoms with Gasteiger partial charge in [-0.15, -0.1) is 0 Å². The number of nitrogens with zero attached hydrogens (tertiary/aromatic N) is 4. The molecule has 5 rings (SSSR count). The van der Waals surface area contributed by atoms with Gasteiger partial charge in [0.25, 0.3) is 11.8 Å². The van der Waals surface area contributed by atoms with Gasteiger partial charge in [0.15, 0.2) is 5.58 Å². The number of halogens is 3. The van der Waals surface area contributed by atoms with Crippen molar-refractivity contribution in [2.75, 3.05) is 26.8 Å². The van der Waals surface area contributed by atoms with Crippen LogP contribution >= 0.6 is 0 Å². The number of fused-ring (bicyclic) bond motifs is 1. The number of ether oxygens (including phenoxy) is 1. The van der Waals surface area contributed by atoms with Crippen molar-refractivity contribution < 1.29 is 31.9 Å². The molecule has 3 aromatic rings. The van der Waals surface area contributed by atoms with Crippen molar-refractivity contribution in [1.82, 2.24) is 30.3 Å². The molecule has 10 nitrogen and oxygen atoms in total. The van der Waals surface area contributed by atoms with Gasteiger partial charge in [0, 0.05) is 20.4 Å². The number of methoxy groups -OCH3 is 1. The number of benzene rings is 1. The van der Waals surface area contributed by atoms with E-state index in [1.165, 1.54) is 18.0 Å². The molecule has 1 aliphatic heterocycles. The highest BCUT2D eigenvalue weighted by atomic mass is 19.3. The molecule has 210 valence electrons. The SMILES string of the molecule is COC[C@H](c1ccc2oc([C@@H](NC(=O)c3ccnn3C)C3CCC(F)CC3)nc2c1)N1CC(F)(F)CNC1=O. The zero-order valence-electron chi connectivity index (χ0n) is 21.7. The number of alkyl halides is 3. The number of rotatable bonds is 8. The van der Waals surface area contributed by atoms with Crippen LogP contribution in [0.3, 0.4) is 0 Å².